The first-order chi connectivity index (χ1) is 9.36. The second kappa shape index (κ2) is 4.77. The fourth-order valence-corrected chi connectivity index (χ4v) is 1.70. The van der Waals surface area contributed by atoms with Gasteiger partial charge in [0.05, 0.1) is 18.1 Å². The van der Waals surface area contributed by atoms with E-state index in [1.54, 1.807) is 0 Å². The Balaban J connectivity index is 2.04. The van der Waals surface area contributed by atoms with Crippen molar-refractivity contribution in [1.29, 1.82) is 0 Å². The third-order valence-corrected chi connectivity index (χ3v) is 2.58. The normalized spacial score (nSPS) is 10.3. The molecule has 0 atom stereocenters. The number of benzene rings is 1. The van der Waals surface area contributed by atoms with Crippen LogP contribution < -0.4 is 0 Å². The van der Waals surface area contributed by atoms with Gasteiger partial charge < -0.3 is 0 Å². The zero-order valence-electron chi connectivity index (χ0n) is 9.84. The van der Waals surface area contributed by atoms with Gasteiger partial charge in [-0.2, -0.15) is 0 Å². The summed E-state index contributed by atoms with van der Waals surface area (Å²) < 4.78 is 1.48. The minimum Gasteiger partial charge on any atom is -0.285 e. The molecule has 0 aliphatic rings. The Morgan fingerprint density at radius 3 is 2.63 bits per heavy atom. The first-order valence-electron chi connectivity index (χ1n) is 5.63. The van der Waals surface area contributed by atoms with Gasteiger partial charge in [0.15, 0.2) is 0 Å². The quantitative estimate of drug-likeness (QED) is 0.656. The highest BCUT2D eigenvalue weighted by molar-refractivity contribution is 6.06. The van der Waals surface area contributed by atoms with Gasteiger partial charge in [0.1, 0.15) is 11.4 Å². The van der Waals surface area contributed by atoms with Crippen LogP contribution in [0.15, 0.2) is 55.1 Å². The second-order valence-electron chi connectivity index (χ2n) is 3.79. The summed E-state index contributed by atoms with van der Waals surface area (Å²) in [5, 5.41) is 7.72. The van der Waals surface area contributed by atoms with Crippen LogP contribution in [0.4, 0.5) is 0 Å². The standard InChI is InChI=1S/C13H9N5O/c19-13(11-8-14-6-7-15-11)12-9-16-17-18(12)10-4-2-1-3-5-10/h1-9H. The fourth-order valence-electron chi connectivity index (χ4n) is 1.70. The van der Waals surface area contributed by atoms with E-state index in [1.807, 2.05) is 30.3 Å². The van der Waals surface area contributed by atoms with Crippen molar-refractivity contribution in [2.45, 2.75) is 0 Å². The van der Waals surface area contributed by atoms with E-state index in [2.05, 4.69) is 20.3 Å². The highest BCUT2D eigenvalue weighted by Gasteiger charge is 2.17. The first-order valence-corrected chi connectivity index (χ1v) is 5.63. The Labute approximate surface area is 108 Å². The van der Waals surface area contributed by atoms with Crippen LogP contribution in [0.25, 0.3) is 5.69 Å². The van der Waals surface area contributed by atoms with Crippen molar-refractivity contribution in [2.24, 2.45) is 0 Å². The van der Waals surface area contributed by atoms with Crippen LogP contribution in [0.3, 0.4) is 0 Å². The summed E-state index contributed by atoms with van der Waals surface area (Å²) in [6.45, 7) is 0. The Kier molecular flexibility index (Phi) is 2.82. The average molecular weight is 251 g/mol. The van der Waals surface area contributed by atoms with Crippen molar-refractivity contribution >= 4 is 5.78 Å². The van der Waals surface area contributed by atoms with Crippen LogP contribution in [-0.4, -0.2) is 30.7 Å². The first kappa shape index (κ1) is 11.2. The molecule has 2 aromatic heterocycles. The summed E-state index contributed by atoms with van der Waals surface area (Å²) in [5.41, 5.74) is 1.39. The van der Waals surface area contributed by atoms with Gasteiger partial charge in [-0.15, -0.1) is 5.10 Å². The predicted octanol–water partition coefficient (Wildman–Crippen LogP) is 1.29. The molecule has 3 rings (SSSR count). The third-order valence-electron chi connectivity index (χ3n) is 2.58. The molecule has 0 aliphatic carbocycles. The van der Waals surface area contributed by atoms with Gasteiger partial charge in [-0.1, -0.05) is 23.4 Å². The number of hydrogen-bond acceptors (Lipinski definition) is 5. The van der Waals surface area contributed by atoms with Crippen molar-refractivity contribution in [3.63, 3.8) is 0 Å². The van der Waals surface area contributed by atoms with Gasteiger partial charge in [-0.3, -0.25) is 9.78 Å². The monoisotopic (exact) mass is 251 g/mol. The fraction of sp³-hybridized carbons (Fsp3) is 0. The van der Waals surface area contributed by atoms with Crippen LogP contribution in [0.1, 0.15) is 16.2 Å². The zero-order valence-corrected chi connectivity index (χ0v) is 9.84. The smallest absolute Gasteiger partial charge is 0.233 e. The van der Waals surface area contributed by atoms with Crippen molar-refractivity contribution in [3.05, 3.63) is 66.5 Å². The molecule has 0 saturated carbocycles. The van der Waals surface area contributed by atoms with E-state index in [4.69, 9.17) is 0 Å². The highest BCUT2D eigenvalue weighted by atomic mass is 16.1. The number of nitrogens with zero attached hydrogens (tertiary/aromatic N) is 5. The summed E-state index contributed by atoms with van der Waals surface area (Å²) in [6, 6.07) is 9.33. The molecule has 2 heterocycles. The van der Waals surface area contributed by atoms with Gasteiger partial charge in [0.2, 0.25) is 5.78 Å². The average Bonchev–Trinajstić information content (AvgIpc) is 2.98. The number of hydrogen-bond donors (Lipinski definition) is 0. The lowest BCUT2D eigenvalue weighted by atomic mass is 10.2. The third kappa shape index (κ3) is 2.11. The van der Waals surface area contributed by atoms with E-state index in [0.29, 0.717) is 5.69 Å². The number of para-hydroxylation sites is 1. The maximum Gasteiger partial charge on any atom is 0.233 e. The molecule has 0 fully saturated rings. The van der Waals surface area contributed by atoms with Crippen LogP contribution in [0, 0.1) is 0 Å². The Hall–Kier alpha value is -2.89. The van der Waals surface area contributed by atoms with Crippen LogP contribution in [0.2, 0.25) is 0 Å². The number of carbonyl (C=O) groups excluding carboxylic acids is 1. The molecule has 1 aromatic carbocycles. The largest absolute Gasteiger partial charge is 0.285 e. The van der Waals surface area contributed by atoms with Crippen molar-refractivity contribution < 1.29 is 4.79 Å². The lowest BCUT2D eigenvalue weighted by Crippen LogP contribution is -2.11. The van der Waals surface area contributed by atoms with Gasteiger partial charge >= 0.3 is 0 Å². The molecule has 6 nitrogen and oxygen atoms in total. The molecule has 0 unspecified atom stereocenters. The molecule has 6 heteroatoms. The van der Waals surface area contributed by atoms with Crippen molar-refractivity contribution in [3.8, 4) is 5.69 Å². The lowest BCUT2D eigenvalue weighted by Gasteiger charge is -2.04. The molecule has 0 amide bonds. The van der Waals surface area contributed by atoms with Crippen LogP contribution in [0.5, 0.6) is 0 Å². The lowest BCUT2D eigenvalue weighted by molar-refractivity contribution is 0.102. The topological polar surface area (TPSA) is 73.6 Å². The molecule has 3 aromatic rings. The highest BCUT2D eigenvalue weighted by Crippen LogP contribution is 2.11. The van der Waals surface area contributed by atoms with Gasteiger partial charge in [0, 0.05) is 12.4 Å². The Morgan fingerprint density at radius 1 is 1.05 bits per heavy atom. The van der Waals surface area contributed by atoms with E-state index in [9.17, 15) is 4.79 Å². The zero-order chi connectivity index (χ0) is 13.1. The summed E-state index contributed by atoms with van der Waals surface area (Å²) in [7, 11) is 0. The predicted molar refractivity (Wildman–Crippen MR) is 66.8 cm³/mol. The molecular formula is C13H9N5O. The van der Waals surface area contributed by atoms with Crippen LogP contribution in [-0.2, 0) is 0 Å². The minimum absolute atomic E-state index is 0.262. The van der Waals surface area contributed by atoms with Crippen molar-refractivity contribution in [1.82, 2.24) is 25.0 Å². The maximum atomic E-state index is 12.3. The molecule has 0 saturated heterocycles. The summed E-state index contributed by atoms with van der Waals surface area (Å²) in [4.78, 5) is 20.2. The minimum atomic E-state index is -0.262. The van der Waals surface area contributed by atoms with E-state index < -0.39 is 0 Å². The molecule has 0 spiro atoms. The van der Waals surface area contributed by atoms with Crippen molar-refractivity contribution in [2.75, 3.05) is 0 Å². The SMILES string of the molecule is O=C(c1cnccn1)c1cnnn1-c1ccccc1. The van der Waals surface area contributed by atoms with Gasteiger partial charge in [-0.25, -0.2) is 9.67 Å². The summed E-state index contributed by atoms with van der Waals surface area (Å²) in [6.07, 6.45) is 5.84. The summed E-state index contributed by atoms with van der Waals surface area (Å²) in [5.74, 6) is -0.262. The van der Waals surface area contributed by atoms with E-state index in [0.717, 1.165) is 5.69 Å². The molecular weight excluding hydrogens is 242 g/mol. The molecule has 0 bridgehead atoms. The Bertz CT molecular complexity index is 693. The molecule has 0 aliphatic heterocycles. The van der Waals surface area contributed by atoms with Gasteiger partial charge in [-0.05, 0) is 12.1 Å². The number of carbonyl (C=O) groups is 1. The van der Waals surface area contributed by atoms with Crippen LogP contribution >= 0.6 is 0 Å². The molecule has 19 heavy (non-hydrogen) atoms. The number of ketones is 1. The second-order valence-corrected chi connectivity index (χ2v) is 3.79. The molecule has 0 N–H and O–H groups in total. The summed E-state index contributed by atoms with van der Waals surface area (Å²) >= 11 is 0. The number of rotatable bonds is 3. The van der Waals surface area contributed by atoms with E-state index in [-0.39, 0.29) is 11.5 Å². The molecule has 0 radical (unpaired) electrons. The Morgan fingerprint density at radius 2 is 1.89 bits per heavy atom. The van der Waals surface area contributed by atoms with Gasteiger partial charge in [0.25, 0.3) is 0 Å². The van der Waals surface area contributed by atoms with E-state index >= 15 is 0 Å². The number of aromatic nitrogens is 5. The molecule has 92 valence electrons. The maximum absolute atomic E-state index is 12.3. The van der Waals surface area contributed by atoms with E-state index in [1.165, 1.54) is 29.5 Å².